The molecule has 0 aliphatic carbocycles. The molecule has 2 atom stereocenters. The maximum atomic E-state index is 12.4. The number of esters is 1. The second-order valence-electron chi connectivity index (χ2n) is 6.34. The van der Waals surface area contributed by atoms with E-state index in [4.69, 9.17) is 25.8 Å². The molecule has 1 saturated heterocycles. The monoisotopic (exact) mass is 399 g/mol. The highest BCUT2D eigenvalue weighted by atomic mass is 35.5. The van der Waals surface area contributed by atoms with Crippen LogP contribution in [-0.4, -0.2) is 61.6 Å². The predicted octanol–water partition coefficient (Wildman–Crippen LogP) is 3.07. The number of carbonyl (C=O) groups is 1. The number of carbonyl (C=O) groups excluding carboxylic acids is 1. The summed E-state index contributed by atoms with van der Waals surface area (Å²) in [7, 11) is 1.56. The Hall–Kier alpha value is -1.48. The van der Waals surface area contributed by atoms with Crippen molar-refractivity contribution in [2.75, 3.05) is 38.3 Å². The number of halogens is 1. The van der Waals surface area contributed by atoms with E-state index in [1.165, 1.54) is 11.3 Å². The molecule has 142 valence electrons. The maximum absolute atomic E-state index is 12.4. The summed E-state index contributed by atoms with van der Waals surface area (Å²) in [5, 5.41) is 1.01. The van der Waals surface area contributed by atoms with Crippen molar-refractivity contribution < 1.29 is 19.0 Å². The second kappa shape index (κ2) is 8.04. The van der Waals surface area contributed by atoms with E-state index in [0.717, 1.165) is 16.8 Å². The smallest absolute Gasteiger partial charge is 0.348 e. The Bertz CT molecular complexity index is 803. The molecule has 2 aromatic rings. The Balaban J connectivity index is 2.00. The molecule has 7 nitrogen and oxygen atoms in total. The molecular weight excluding hydrogens is 378 g/mol. The fourth-order valence-corrected chi connectivity index (χ4v) is 4.43. The van der Waals surface area contributed by atoms with Gasteiger partial charge in [-0.2, -0.15) is 4.98 Å². The van der Waals surface area contributed by atoms with Gasteiger partial charge in [-0.1, -0.05) is 0 Å². The van der Waals surface area contributed by atoms with E-state index in [1.807, 2.05) is 20.8 Å². The molecule has 2 unspecified atom stereocenters. The van der Waals surface area contributed by atoms with Crippen LogP contribution in [0, 0.1) is 6.92 Å². The number of aromatic nitrogens is 2. The number of hydrogen-bond acceptors (Lipinski definition) is 8. The van der Waals surface area contributed by atoms with Gasteiger partial charge in [0.1, 0.15) is 22.1 Å². The summed E-state index contributed by atoms with van der Waals surface area (Å²) in [4.78, 5) is 24.5. The lowest BCUT2D eigenvalue weighted by Gasteiger charge is -2.36. The van der Waals surface area contributed by atoms with Gasteiger partial charge in [0.15, 0.2) is 0 Å². The van der Waals surface area contributed by atoms with E-state index in [2.05, 4.69) is 14.9 Å². The Morgan fingerprint density at radius 1 is 1.31 bits per heavy atom. The first-order valence-corrected chi connectivity index (χ1v) is 9.63. The summed E-state index contributed by atoms with van der Waals surface area (Å²) in [5.41, 5.74) is 0.811. The van der Waals surface area contributed by atoms with Crippen LogP contribution in [0.2, 0.25) is 5.28 Å². The molecule has 0 bridgehead atoms. The molecule has 0 saturated carbocycles. The summed E-state index contributed by atoms with van der Waals surface area (Å²) < 4.78 is 16.0. The number of aryl methyl sites for hydroxylation is 1. The molecule has 2 aromatic heterocycles. The molecular formula is C17H22ClN3O4S. The first kappa shape index (κ1) is 19.3. The van der Waals surface area contributed by atoms with Crippen LogP contribution in [0.15, 0.2) is 0 Å². The van der Waals surface area contributed by atoms with Gasteiger partial charge in [0.05, 0.1) is 24.2 Å². The molecule has 26 heavy (non-hydrogen) atoms. The van der Waals surface area contributed by atoms with Crippen molar-refractivity contribution >= 4 is 44.9 Å². The van der Waals surface area contributed by atoms with Crippen LogP contribution in [0.3, 0.4) is 0 Å². The Morgan fingerprint density at radius 3 is 2.65 bits per heavy atom. The Kier molecular flexibility index (Phi) is 5.96. The first-order valence-electron chi connectivity index (χ1n) is 8.43. The maximum Gasteiger partial charge on any atom is 0.348 e. The number of methoxy groups -OCH3 is 1. The molecule has 1 aliphatic rings. The summed E-state index contributed by atoms with van der Waals surface area (Å²) in [5.74, 6) is 0.361. The molecule has 0 N–H and O–H groups in total. The predicted molar refractivity (Wildman–Crippen MR) is 102 cm³/mol. The highest BCUT2D eigenvalue weighted by Gasteiger charge is 2.28. The lowest BCUT2D eigenvalue weighted by Crippen LogP contribution is -2.46. The van der Waals surface area contributed by atoms with Crippen LogP contribution in [-0.2, 0) is 14.2 Å². The van der Waals surface area contributed by atoms with Crippen molar-refractivity contribution in [1.29, 1.82) is 0 Å². The normalized spacial score (nSPS) is 20.6. The highest BCUT2D eigenvalue weighted by Crippen LogP contribution is 2.37. The lowest BCUT2D eigenvalue weighted by molar-refractivity contribution is -0.00538. The number of rotatable bonds is 5. The first-order chi connectivity index (χ1) is 12.4. The van der Waals surface area contributed by atoms with Gasteiger partial charge in [0.2, 0.25) is 5.28 Å². The number of hydrogen-bond donors (Lipinski definition) is 0. The summed E-state index contributed by atoms with van der Waals surface area (Å²) in [6, 6.07) is 0. The van der Waals surface area contributed by atoms with Gasteiger partial charge in [-0.05, 0) is 37.9 Å². The van der Waals surface area contributed by atoms with Crippen molar-refractivity contribution in [2.24, 2.45) is 0 Å². The fraction of sp³-hybridized carbons (Fsp3) is 0.588. The van der Waals surface area contributed by atoms with Gasteiger partial charge in [-0.15, -0.1) is 11.3 Å². The SMILES string of the molecule is COCCOC(=O)c1sc2nc(Cl)nc(N3CC(C)OC(C)C3)c2c1C. The largest absolute Gasteiger partial charge is 0.459 e. The van der Waals surface area contributed by atoms with E-state index < -0.39 is 0 Å². The number of ether oxygens (including phenoxy) is 3. The molecule has 0 radical (unpaired) electrons. The van der Waals surface area contributed by atoms with Crippen LogP contribution < -0.4 is 4.90 Å². The van der Waals surface area contributed by atoms with E-state index in [9.17, 15) is 4.79 Å². The average molecular weight is 400 g/mol. The number of anilines is 1. The van der Waals surface area contributed by atoms with Crippen LogP contribution in [0.4, 0.5) is 5.82 Å². The number of nitrogens with zero attached hydrogens (tertiary/aromatic N) is 3. The van der Waals surface area contributed by atoms with Crippen molar-refractivity contribution in [2.45, 2.75) is 33.0 Å². The second-order valence-corrected chi connectivity index (χ2v) is 7.68. The molecule has 0 spiro atoms. The zero-order valence-corrected chi connectivity index (χ0v) is 16.8. The minimum atomic E-state index is -0.381. The zero-order chi connectivity index (χ0) is 18.8. The molecule has 3 heterocycles. The molecule has 1 aliphatic heterocycles. The third kappa shape index (κ3) is 3.93. The summed E-state index contributed by atoms with van der Waals surface area (Å²) in [6.07, 6.45) is 0.167. The number of thiophene rings is 1. The van der Waals surface area contributed by atoms with Crippen molar-refractivity contribution in [3.05, 3.63) is 15.7 Å². The van der Waals surface area contributed by atoms with Gasteiger partial charge in [0, 0.05) is 20.2 Å². The third-order valence-electron chi connectivity index (χ3n) is 4.17. The van der Waals surface area contributed by atoms with Crippen molar-refractivity contribution in [1.82, 2.24) is 9.97 Å². The molecule has 0 amide bonds. The van der Waals surface area contributed by atoms with Gasteiger partial charge >= 0.3 is 5.97 Å². The van der Waals surface area contributed by atoms with Crippen LogP contribution >= 0.6 is 22.9 Å². The van der Waals surface area contributed by atoms with E-state index in [-0.39, 0.29) is 30.1 Å². The van der Waals surface area contributed by atoms with E-state index >= 15 is 0 Å². The molecule has 9 heteroatoms. The molecule has 0 aromatic carbocycles. The van der Waals surface area contributed by atoms with Crippen LogP contribution in [0.1, 0.15) is 29.1 Å². The van der Waals surface area contributed by atoms with Crippen molar-refractivity contribution in [3.63, 3.8) is 0 Å². The van der Waals surface area contributed by atoms with E-state index in [1.54, 1.807) is 7.11 Å². The Morgan fingerprint density at radius 2 is 2.00 bits per heavy atom. The Labute approximate surface area is 161 Å². The quantitative estimate of drug-likeness (QED) is 0.434. The fourth-order valence-electron chi connectivity index (χ4n) is 3.15. The van der Waals surface area contributed by atoms with Gasteiger partial charge < -0.3 is 19.1 Å². The standard InChI is InChI=1S/C17H22ClN3O4S/c1-9-7-21(8-10(2)25-9)14-12-11(3)13(16(22)24-6-5-23-4)26-15(12)20-17(18)19-14/h9-10H,5-8H2,1-4H3. The summed E-state index contributed by atoms with van der Waals surface area (Å²) >= 11 is 7.43. The molecule has 3 rings (SSSR count). The van der Waals surface area contributed by atoms with Gasteiger partial charge in [0.25, 0.3) is 0 Å². The topological polar surface area (TPSA) is 73.8 Å². The molecule has 1 fully saturated rings. The van der Waals surface area contributed by atoms with E-state index in [0.29, 0.717) is 29.4 Å². The van der Waals surface area contributed by atoms with Crippen molar-refractivity contribution in [3.8, 4) is 0 Å². The van der Waals surface area contributed by atoms with Crippen LogP contribution in [0.5, 0.6) is 0 Å². The average Bonchev–Trinajstić information content (AvgIpc) is 2.90. The zero-order valence-electron chi connectivity index (χ0n) is 15.2. The number of morpholine rings is 1. The minimum absolute atomic E-state index is 0.0833. The summed E-state index contributed by atoms with van der Waals surface area (Å²) in [6.45, 7) is 7.92. The number of fused-ring (bicyclic) bond motifs is 1. The lowest BCUT2D eigenvalue weighted by atomic mass is 10.1. The highest BCUT2D eigenvalue weighted by molar-refractivity contribution is 7.20. The van der Waals surface area contributed by atoms with Gasteiger partial charge in [-0.25, -0.2) is 9.78 Å². The minimum Gasteiger partial charge on any atom is -0.459 e. The third-order valence-corrected chi connectivity index (χ3v) is 5.50. The van der Waals surface area contributed by atoms with Gasteiger partial charge in [-0.3, -0.25) is 0 Å². The van der Waals surface area contributed by atoms with Crippen LogP contribution in [0.25, 0.3) is 10.2 Å².